The van der Waals surface area contributed by atoms with Crippen LogP contribution in [0.25, 0.3) is 0 Å². The molecule has 4 aliphatic carbocycles. The van der Waals surface area contributed by atoms with Crippen molar-refractivity contribution in [2.45, 2.75) is 63.2 Å². The van der Waals surface area contributed by atoms with Gasteiger partial charge in [-0.15, -0.1) is 11.6 Å². The lowest BCUT2D eigenvalue weighted by atomic mass is 9.44. The Balaban J connectivity index is 1.42. The fourth-order valence-electron chi connectivity index (χ4n) is 8.50. The molecule has 0 spiro atoms. The maximum Gasteiger partial charge on any atom is 0.224 e. The standard InChI is InChI=1S/C27H30ClF2NO5S/c1-24-5-3-17(32)8-20(24)21(29)9-19-18-7-16-12-31(11-15-4-6-35-13-15)36-27(16,23(34)37-14-28)25(18,2)10-22(33)26(19,24)30/h3-6,8,13,16,18-19,21-22,33H,7,9-12,14H2,1-2H3/t16-,18-,19-,21-,22-,24-,25-,26-,27-/m0/s1. The number of carbonyl (C=O) groups is 2. The van der Waals surface area contributed by atoms with Gasteiger partial charge in [0.2, 0.25) is 5.12 Å². The van der Waals surface area contributed by atoms with Crippen LogP contribution >= 0.6 is 23.4 Å². The van der Waals surface area contributed by atoms with E-state index in [1.807, 2.05) is 13.0 Å². The second kappa shape index (κ2) is 8.49. The molecule has 2 heterocycles. The summed E-state index contributed by atoms with van der Waals surface area (Å²) in [4.78, 5) is 32.4. The van der Waals surface area contributed by atoms with Crippen LogP contribution in [-0.4, -0.2) is 56.4 Å². The van der Waals surface area contributed by atoms with Crippen molar-refractivity contribution < 1.29 is 32.7 Å². The van der Waals surface area contributed by atoms with Crippen molar-refractivity contribution in [2.75, 3.05) is 11.8 Å². The number of allylic oxidation sites excluding steroid dienone is 4. The number of halogens is 3. The lowest BCUT2D eigenvalue weighted by Crippen LogP contribution is -2.70. The van der Waals surface area contributed by atoms with Crippen molar-refractivity contribution >= 4 is 34.3 Å². The molecule has 200 valence electrons. The zero-order valence-electron chi connectivity index (χ0n) is 20.7. The molecule has 1 aromatic rings. The summed E-state index contributed by atoms with van der Waals surface area (Å²) in [5.74, 6) is -1.93. The van der Waals surface area contributed by atoms with E-state index in [9.17, 15) is 14.7 Å². The van der Waals surface area contributed by atoms with Gasteiger partial charge in [0, 0.05) is 34.8 Å². The van der Waals surface area contributed by atoms with Crippen LogP contribution < -0.4 is 0 Å². The van der Waals surface area contributed by atoms with E-state index in [0.717, 1.165) is 17.3 Å². The Hall–Kier alpha value is -1.52. The molecule has 0 radical (unpaired) electrons. The summed E-state index contributed by atoms with van der Waals surface area (Å²) < 4.78 is 38.3. The van der Waals surface area contributed by atoms with Gasteiger partial charge in [0.25, 0.3) is 0 Å². The molecule has 3 saturated carbocycles. The Morgan fingerprint density at radius 3 is 2.81 bits per heavy atom. The average Bonchev–Trinajstić information content (AvgIpc) is 3.54. The molecule has 37 heavy (non-hydrogen) atoms. The van der Waals surface area contributed by atoms with E-state index in [1.54, 1.807) is 24.5 Å². The van der Waals surface area contributed by atoms with Crippen LogP contribution in [0.1, 0.15) is 38.7 Å². The normalized spacial score (nSPS) is 46.7. The molecule has 6 nitrogen and oxygen atoms in total. The van der Waals surface area contributed by atoms with Crippen LogP contribution in [0.2, 0.25) is 0 Å². The minimum absolute atomic E-state index is 0.0308. The highest BCUT2D eigenvalue weighted by atomic mass is 35.5. The number of fused-ring (bicyclic) bond motifs is 7. The van der Waals surface area contributed by atoms with Crippen LogP contribution in [0.15, 0.2) is 46.8 Å². The fraction of sp³-hybridized carbons (Fsp3) is 0.630. The Labute approximate surface area is 223 Å². The minimum Gasteiger partial charge on any atom is -0.472 e. The van der Waals surface area contributed by atoms with E-state index in [4.69, 9.17) is 20.9 Å². The van der Waals surface area contributed by atoms with E-state index < -0.39 is 46.2 Å². The quantitative estimate of drug-likeness (QED) is 0.538. The van der Waals surface area contributed by atoms with E-state index in [-0.39, 0.29) is 40.4 Å². The molecule has 9 atom stereocenters. The Morgan fingerprint density at radius 2 is 2.11 bits per heavy atom. The summed E-state index contributed by atoms with van der Waals surface area (Å²) in [5.41, 5.74) is -4.96. The van der Waals surface area contributed by atoms with E-state index in [2.05, 4.69) is 0 Å². The van der Waals surface area contributed by atoms with Crippen LogP contribution in [0, 0.1) is 28.6 Å². The summed E-state index contributed by atoms with van der Waals surface area (Å²) in [7, 11) is 0. The second-order valence-corrected chi connectivity index (χ2v) is 13.1. The molecule has 0 bridgehead atoms. The lowest BCUT2D eigenvalue weighted by Gasteiger charge is -2.63. The van der Waals surface area contributed by atoms with Gasteiger partial charge in [0.15, 0.2) is 17.1 Å². The number of ketones is 1. The van der Waals surface area contributed by atoms with Crippen molar-refractivity contribution in [2.24, 2.45) is 28.6 Å². The molecule has 0 amide bonds. The molecule has 1 aliphatic heterocycles. The van der Waals surface area contributed by atoms with Gasteiger partial charge in [-0.25, -0.2) is 8.78 Å². The fourth-order valence-corrected chi connectivity index (χ4v) is 9.55. The predicted molar refractivity (Wildman–Crippen MR) is 134 cm³/mol. The van der Waals surface area contributed by atoms with Crippen molar-refractivity contribution in [3.63, 3.8) is 0 Å². The maximum absolute atomic E-state index is 17.4. The Bertz CT molecular complexity index is 1190. The summed E-state index contributed by atoms with van der Waals surface area (Å²) in [6.07, 6.45) is 4.32. The number of hydroxylamine groups is 2. The Kier molecular flexibility index (Phi) is 5.91. The molecule has 0 aromatic carbocycles. The highest BCUT2D eigenvalue weighted by Crippen LogP contribution is 2.73. The van der Waals surface area contributed by atoms with Crippen molar-refractivity contribution in [3.05, 3.63) is 48.0 Å². The number of aliphatic hydroxyl groups excluding tert-OH is 1. The molecule has 6 rings (SSSR count). The highest BCUT2D eigenvalue weighted by molar-refractivity contribution is 8.14. The van der Waals surface area contributed by atoms with Gasteiger partial charge in [-0.1, -0.05) is 24.8 Å². The molecule has 10 heteroatoms. The predicted octanol–water partition coefficient (Wildman–Crippen LogP) is 4.77. The van der Waals surface area contributed by atoms with Gasteiger partial charge in [-0.3, -0.25) is 14.4 Å². The first-order chi connectivity index (χ1) is 17.5. The summed E-state index contributed by atoms with van der Waals surface area (Å²) in [5, 5.41) is 13.1. The summed E-state index contributed by atoms with van der Waals surface area (Å²) in [6, 6.07) is 1.82. The Morgan fingerprint density at radius 1 is 1.32 bits per heavy atom. The summed E-state index contributed by atoms with van der Waals surface area (Å²) >= 11 is 6.94. The SMILES string of the molecule is C[C@]12C=CC(=O)C=C1[C@@H](F)C[C@H]1[C@@H]3C[C@H]4CN(Cc5ccoc5)O[C@@]4(C(=O)SCCl)[C@@]3(C)C[C@H](O)[C@@]12F. The molecular formula is C27H30ClF2NO5S. The lowest BCUT2D eigenvalue weighted by molar-refractivity contribution is -0.266. The van der Waals surface area contributed by atoms with Crippen LogP contribution in [0.4, 0.5) is 8.78 Å². The number of carbonyl (C=O) groups excluding carboxylic acids is 2. The zero-order valence-corrected chi connectivity index (χ0v) is 22.2. The third-order valence-corrected chi connectivity index (χ3v) is 11.1. The first-order valence-corrected chi connectivity index (χ1v) is 14.2. The van der Waals surface area contributed by atoms with Crippen LogP contribution in [0.5, 0.6) is 0 Å². The monoisotopic (exact) mass is 553 g/mol. The van der Waals surface area contributed by atoms with Gasteiger partial charge >= 0.3 is 0 Å². The zero-order chi connectivity index (χ0) is 26.4. The number of furan rings is 1. The largest absolute Gasteiger partial charge is 0.472 e. The molecule has 4 fully saturated rings. The van der Waals surface area contributed by atoms with Crippen molar-refractivity contribution in [3.8, 4) is 0 Å². The van der Waals surface area contributed by atoms with Crippen molar-refractivity contribution in [1.29, 1.82) is 0 Å². The number of rotatable bonds is 4. The van der Waals surface area contributed by atoms with Gasteiger partial charge in [-0.05, 0) is 55.9 Å². The third-order valence-electron chi connectivity index (χ3n) is 10.1. The molecule has 0 unspecified atom stereocenters. The van der Waals surface area contributed by atoms with Gasteiger partial charge in [-0.2, -0.15) is 5.06 Å². The first-order valence-electron chi connectivity index (χ1n) is 12.7. The highest BCUT2D eigenvalue weighted by Gasteiger charge is 2.79. The van der Waals surface area contributed by atoms with Gasteiger partial charge in [0.05, 0.1) is 30.4 Å². The molecular weight excluding hydrogens is 524 g/mol. The molecule has 1 N–H and O–H groups in total. The van der Waals surface area contributed by atoms with E-state index >= 15 is 8.78 Å². The van der Waals surface area contributed by atoms with Crippen LogP contribution in [-0.2, 0) is 21.0 Å². The number of alkyl halides is 3. The number of nitrogens with zero attached hydrogens (tertiary/aromatic N) is 1. The van der Waals surface area contributed by atoms with Gasteiger partial charge < -0.3 is 9.52 Å². The summed E-state index contributed by atoms with van der Waals surface area (Å²) in [6.45, 7) is 4.31. The maximum atomic E-state index is 17.4. The second-order valence-electron chi connectivity index (χ2n) is 11.6. The number of hydrogen-bond acceptors (Lipinski definition) is 7. The molecule has 1 saturated heterocycles. The van der Waals surface area contributed by atoms with E-state index in [0.29, 0.717) is 19.5 Å². The number of aliphatic hydroxyl groups is 1. The topological polar surface area (TPSA) is 80.0 Å². The number of thioether (sulfide) groups is 1. The molecule has 5 aliphatic rings. The molecule has 1 aromatic heterocycles. The number of hydrogen-bond donors (Lipinski definition) is 1. The van der Waals surface area contributed by atoms with E-state index in [1.165, 1.54) is 18.2 Å². The minimum atomic E-state index is -2.19. The first kappa shape index (κ1) is 25.7. The van der Waals surface area contributed by atoms with Crippen LogP contribution in [0.3, 0.4) is 0 Å². The third kappa shape index (κ3) is 3.21. The average molecular weight is 554 g/mol. The van der Waals surface area contributed by atoms with Crippen molar-refractivity contribution in [1.82, 2.24) is 5.06 Å². The smallest absolute Gasteiger partial charge is 0.224 e. The van der Waals surface area contributed by atoms with Gasteiger partial charge in [0.1, 0.15) is 6.17 Å².